The second kappa shape index (κ2) is 6.28. The number of carbonyl (C=O) groups is 4. The second-order valence-corrected chi connectivity index (χ2v) is 4.29. The lowest BCUT2D eigenvalue weighted by Crippen LogP contribution is -2.43. The van der Waals surface area contributed by atoms with Crippen LogP contribution in [0.25, 0.3) is 0 Å². The van der Waals surface area contributed by atoms with Crippen molar-refractivity contribution in [2.24, 2.45) is 0 Å². The van der Waals surface area contributed by atoms with Gasteiger partial charge in [0.25, 0.3) is 0 Å². The van der Waals surface area contributed by atoms with Crippen LogP contribution in [0.5, 0.6) is 0 Å². The van der Waals surface area contributed by atoms with E-state index in [1.54, 1.807) is 13.8 Å². The fraction of sp³-hybridized carbons (Fsp3) is 0.636. The number of urea groups is 1. The molecule has 1 aliphatic heterocycles. The van der Waals surface area contributed by atoms with Crippen LogP contribution in [0.2, 0.25) is 0 Å². The number of nitrogens with zero attached hydrogens (tertiary/aromatic N) is 2. The van der Waals surface area contributed by atoms with Gasteiger partial charge in [-0.3, -0.25) is 19.3 Å². The molecule has 0 aromatic rings. The maximum Gasteiger partial charge on any atom is 0.334 e. The number of amides is 5. The summed E-state index contributed by atoms with van der Waals surface area (Å²) in [5.74, 6) is -2.39. The molecule has 0 spiro atoms. The van der Waals surface area contributed by atoms with Crippen LogP contribution in [0.1, 0.15) is 13.8 Å². The quantitative estimate of drug-likeness (QED) is 0.378. The summed E-state index contributed by atoms with van der Waals surface area (Å²) in [5.41, 5.74) is 0. The van der Waals surface area contributed by atoms with Crippen molar-refractivity contribution in [1.29, 1.82) is 0 Å². The minimum Gasteiger partial charge on any atom is -0.383 e. The van der Waals surface area contributed by atoms with E-state index in [0.717, 1.165) is 4.90 Å². The molecule has 106 valence electrons. The van der Waals surface area contributed by atoms with Gasteiger partial charge >= 0.3 is 17.8 Å². The van der Waals surface area contributed by atoms with Gasteiger partial charge in [0.2, 0.25) is 5.91 Å². The highest BCUT2D eigenvalue weighted by molar-refractivity contribution is 6.45. The number of ether oxygens (including phenoxy) is 1. The minimum absolute atomic E-state index is 0.271. The Morgan fingerprint density at radius 1 is 1.26 bits per heavy atom. The summed E-state index contributed by atoms with van der Waals surface area (Å²) in [5, 5.41) is 2.47. The first-order valence-electron chi connectivity index (χ1n) is 5.84. The van der Waals surface area contributed by atoms with Gasteiger partial charge in [-0.1, -0.05) is 0 Å². The Balaban J connectivity index is 2.64. The Bertz CT molecular complexity index is 407. The van der Waals surface area contributed by atoms with E-state index < -0.39 is 36.3 Å². The molecule has 8 nitrogen and oxygen atoms in total. The first kappa shape index (κ1) is 15.1. The number of carbonyl (C=O) groups excluding carboxylic acids is 4. The molecule has 0 atom stereocenters. The van der Waals surface area contributed by atoms with Crippen LogP contribution < -0.4 is 5.32 Å². The van der Waals surface area contributed by atoms with Gasteiger partial charge in [0.1, 0.15) is 6.54 Å². The van der Waals surface area contributed by atoms with Crippen molar-refractivity contribution < 1.29 is 23.9 Å². The number of methoxy groups -OCH3 is 1. The van der Waals surface area contributed by atoms with Gasteiger partial charge in [-0.05, 0) is 13.8 Å². The molecule has 1 N–H and O–H groups in total. The van der Waals surface area contributed by atoms with Crippen LogP contribution in [0, 0.1) is 0 Å². The molecule has 1 saturated heterocycles. The van der Waals surface area contributed by atoms with Crippen LogP contribution in [-0.4, -0.2) is 66.4 Å². The van der Waals surface area contributed by atoms with E-state index >= 15 is 0 Å². The molecule has 8 heteroatoms. The maximum absolute atomic E-state index is 11.8. The monoisotopic (exact) mass is 271 g/mol. The number of hydrogen-bond donors (Lipinski definition) is 1. The molecule has 0 bridgehead atoms. The van der Waals surface area contributed by atoms with E-state index in [4.69, 9.17) is 4.74 Å². The molecule has 0 radical (unpaired) electrons. The summed E-state index contributed by atoms with van der Waals surface area (Å²) in [6, 6.07) is -1.18. The fourth-order valence-corrected chi connectivity index (χ4v) is 1.61. The van der Waals surface area contributed by atoms with Crippen LogP contribution in [0.3, 0.4) is 0 Å². The molecule has 1 fully saturated rings. The molecular formula is C11H17N3O5. The summed E-state index contributed by atoms with van der Waals surface area (Å²) in [6.07, 6.45) is 0. The Hall–Kier alpha value is -1.96. The van der Waals surface area contributed by atoms with Gasteiger partial charge in [-0.2, -0.15) is 0 Å². The lowest BCUT2D eigenvalue weighted by atomic mass is 10.3. The number of rotatable bonds is 6. The van der Waals surface area contributed by atoms with Crippen molar-refractivity contribution in [3.63, 3.8) is 0 Å². The standard InChI is InChI=1S/C11H17N3O5/c1-7(2)14-10(17)9(16)13(11(14)18)6-8(15)12-4-5-19-3/h7H,4-6H2,1-3H3,(H,12,15). The second-order valence-electron chi connectivity index (χ2n) is 4.29. The maximum atomic E-state index is 11.8. The molecule has 5 amide bonds. The smallest absolute Gasteiger partial charge is 0.334 e. The van der Waals surface area contributed by atoms with Gasteiger partial charge in [-0.15, -0.1) is 0 Å². The van der Waals surface area contributed by atoms with Crippen molar-refractivity contribution in [2.45, 2.75) is 19.9 Å². The van der Waals surface area contributed by atoms with E-state index in [-0.39, 0.29) is 6.54 Å². The molecule has 0 aromatic carbocycles. The number of hydrogen-bond acceptors (Lipinski definition) is 5. The van der Waals surface area contributed by atoms with Crippen molar-refractivity contribution in [3.05, 3.63) is 0 Å². The van der Waals surface area contributed by atoms with Crippen molar-refractivity contribution in [1.82, 2.24) is 15.1 Å². The summed E-state index contributed by atoms with van der Waals surface area (Å²) >= 11 is 0. The zero-order valence-electron chi connectivity index (χ0n) is 11.1. The highest BCUT2D eigenvalue weighted by Crippen LogP contribution is 2.14. The summed E-state index contributed by atoms with van der Waals surface area (Å²) in [6.45, 7) is 3.37. The van der Waals surface area contributed by atoms with E-state index in [0.29, 0.717) is 11.5 Å². The van der Waals surface area contributed by atoms with Crippen LogP contribution in [0.4, 0.5) is 4.79 Å². The SMILES string of the molecule is COCCNC(=O)CN1C(=O)C(=O)N(C(C)C)C1=O. The number of imide groups is 2. The van der Waals surface area contributed by atoms with Crippen molar-refractivity contribution in [2.75, 3.05) is 26.8 Å². The lowest BCUT2D eigenvalue weighted by Gasteiger charge is -2.18. The fourth-order valence-electron chi connectivity index (χ4n) is 1.61. The van der Waals surface area contributed by atoms with Crippen LogP contribution in [-0.2, 0) is 19.1 Å². The van der Waals surface area contributed by atoms with E-state index in [1.807, 2.05) is 0 Å². The summed E-state index contributed by atoms with van der Waals surface area (Å²) in [7, 11) is 1.48. The zero-order chi connectivity index (χ0) is 14.6. The van der Waals surface area contributed by atoms with Crippen LogP contribution in [0.15, 0.2) is 0 Å². The Morgan fingerprint density at radius 3 is 2.37 bits per heavy atom. The highest BCUT2D eigenvalue weighted by atomic mass is 16.5. The Morgan fingerprint density at radius 2 is 1.89 bits per heavy atom. The normalized spacial score (nSPS) is 15.7. The first-order valence-corrected chi connectivity index (χ1v) is 5.84. The van der Waals surface area contributed by atoms with Gasteiger partial charge < -0.3 is 10.1 Å². The predicted molar refractivity (Wildman–Crippen MR) is 64.0 cm³/mol. The average molecular weight is 271 g/mol. The largest absolute Gasteiger partial charge is 0.383 e. The third-order valence-electron chi connectivity index (χ3n) is 2.53. The van der Waals surface area contributed by atoms with E-state index in [1.165, 1.54) is 7.11 Å². The molecular weight excluding hydrogens is 254 g/mol. The minimum atomic E-state index is -0.972. The summed E-state index contributed by atoms with van der Waals surface area (Å²) in [4.78, 5) is 48.0. The van der Waals surface area contributed by atoms with E-state index in [9.17, 15) is 19.2 Å². The Kier molecular flexibility index (Phi) is 4.99. The van der Waals surface area contributed by atoms with Crippen molar-refractivity contribution in [3.8, 4) is 0 Å². The lowest BCUT2D eigenvalue weighted by molar-refractivity contribution is -0.144. The van der Waals surface area contributed by atoms with Gasteiger partial charge in [0, 0.05) is 19.7 Å². The summed E-state index contributed by atoms with van der Waals surface area (Å²) < 4.78 is 4.75. The third kappa shape index (κ3) is 3.28. The van der Waals surface area contributed by atoms with Gasteiger partial charge in [0.05, 0.1) is 6.61 Å². The molecule has 1 aliphatic rings. The first-order chi connectivity index (χ1) is 8.90. The molecule has 19 heavy (non-hydrogen) atoms. The zero-order valence-corrected chi connectivity index (χ0v) is 11.1. The van der Waals surface area contributed by atoms with E-state index in [2.05, 4.69) is 5.32 Å². The average Bonchev–Trinajstić information content (AvgIpc) is 2.54. The molecule has 0 aliphatic carbocycles. The van der Waals surface area contributed by atoms with Gasteiger partial charge in [-0.25, -0.2) is 9.69 Å². The highest BCUT2D eigenvalue weighted by Gasteiger charge is 2.46. The molecule has 0 saturated carbocycles. The molecule has 0 unspecified atom stereocenters. The molecule has 1 rings (SSSR count). The van der Waals surface area contributed by atoms with Gasteiger partial charge in [0.15, 0.2) is 0 Å². The molecule has 0 aromatic heterocycles. The predicted octanol–water partition coefficient (Wildman–Crippen LogP) is -1.05. The Labute approximate surface area is 110 Å². The number of nitrogens with one attached hydrogen (secondary N) is 1. The third-order valence-corrected chi connectivity index (χ3v) is 2.53. The topological polar surface area (TPSA) is 96.0 Å². The van der Waals surface area contributed by atoms with Crippen LogP contribution >= 0.6 is 0 Å². The van der Waals surface area contributed by atoms with Crippen molar-refractivity contribution >= 4 is 23.8 Å². The molecule has 1 heterocycles.